The van der Waals surface area contributed by atoms with Gasteiger partial charge in [-0.05, 0) is 6.07 Å². The molecule has 0 amide bonds. The lowest BCUT2D eigenvalue weighted by Gasteiger charge is -2.09. The van der Waals surface area contributed by atoms with Crippen molar-refractivity contribution in [3.05, 3.63) is 53.3 Å². The third-order valence-corrected chi connectivity index (χ3v) is 3.09. The molecule has 124 valence electrons. The number of ether oxygens (including phenoxy) is 1. The van der Waals surface area contributed by atoms with Crippen molar-refractivity contribution in [3.63, 3.8) is 0 Å². The predicted molar refractivity (Wildman–Crippen MR) is 75.5 cm³/mol. The Morgan fingerprint density at radius 2 is 2.00 bits per heavy atom. The second kappa shape index (κ2) is 6.40. The van der Waals surface area contributed by atoms with Crippen LogP contribution in [-0.4, -0.2) is 29.9 Å². The number of rotatable bonds is 4. The lowest BCUT2D eigenvalue weighted by molar-refractivity contribution is -0.137. The van der Waals surface area contributed by atoms with E-state index in [0.29, 0.717) is 17.7 Å². The second-order valence-corrected chi connectivity index (χ2v) is 4.92. The van der Waals surface area contributed by atoms with Gasteiger partial charge >= 0.3 is 6.18 Å². The molecule has 0 unspecified atom stereocenters. The van der Waals surface area contributed by atoms with Crippen LogP contribution in [0.3, 0.4) is 0 Å². The van der Waals surface area contributed by atoms with Gasteiger partial charge in [0, 0.05) is 18.6 Å². The van der Waals surface area contributed by atoms with E-state index in [4.69, 9.17) is 16.3 Å². The van der Waals surface area contributed by atoms with E-state index in [1.165, 1.54) is 23.3 Å². The van der Waals surface area contributed by atoms with Gasteiger partial charge in [-0.2, -0.15) is 13.2 Å². The summed E-state index contributed by atoms with van der Waals surface area (Å²) in [4.78, 5) is 11.5. The van der Waals surface area contributed by atoms with Crippen molar-refractivity contribution >= 4 is 11.6 Å². The van der Waals surface area contributed by atoms with Crippen LogP contribution < -0.4 is 4.74 Å². The van der Waals surface area contributed by atoms with Crippen molar-refractivity contribution in [1.82, 2.24) is 29.9 Å². The number of halogens is 4. The normalized spacial score (nSPS) is 11.5. The molecule has 3 aromatic heterocycles. The number of hydrogen-bond donors (Lipinski definition) is 0. The Balaban J connectivity index is 1.69. The third kappa shape index (κ3) is 3.59. The van der Waals surface area contributed by atoms with Crippen LogP contribution in [-0.2, 0) is 12.8 Å². The van der Waals surface area contributed by atoms with Crippen molar-refractivity contribution in [2.75, 3.05) is 0 Å². The Kier molecular flexibility index (Phi) is 4.30. The van der Waals surface area contributed by atoms with Crippen molar-refractivity contribution in [2.24, 2.45) is 0 Å². The van der Waals surface area contributed by atoms with Crippen LogP contribution in [0.4, 0.5) is 13.2 Å². The monoisotopic (exact) mass is 356 g/mol. The Morgan fingerprint density at radius 1 is 1.17 bits per heavy atom. The highest BCUT2D eigenvalue weighted by Gasteiger charge is 2.31. The van der Waals surface area contributed by atoms with Crippen molar-refractivity contribution < 1.29 is 17.9 Å². The third-order valence-electron chi connectivity index (χ3n) is 2.82. The maximum Gasteiger partial charge on any atom is 0.417 e. The molecular weight excluding hydrogens is 349 g/mol. The zero-order valence-electron chi connectivity index (χ0n) is 11.8. The Morgan fingerprint density at radius 3 is 2.67 bits per heavy atom. The summed E-state index contributed by atoms with van der Waals surface area (Å²) in [5.41, 5.74) is -0.535. The molecule has 0 N–H and O–H groups in total. The fourth-order valence-corrected chi connectivity index (χ4v) is 1.94. The van der Waals surface area contributed by atoms with Gasteiger partial charge in [-0.15, -0.1) is 5.10 Å². The van der Waals surface area contributed by atoms with Crippen molar-refractivity contribution in [2.45, 2.75) is 12.8 Å². The molecule has 11 heteroatoms. The SMILES string of the molecule is FC(F)(F)c1cnc(OCc2cn(-c3cnccn3)nn2)c(Cl)c1. The molecule has 24 heavy (non-hydrogen) atoms. The molecule has 0 aliphatic rings. The van der Waals surface area contributed by atoms with E-state index in [0.717, 1.165) is 6.07 Å². The van der Waals surface area contributed by atoms with Crippen molar-refractivity contribution in [1.29, 1.82) is 0 Å². The summed E-state index contributed by atoms with van der Waals surface area (Å²) in [5.74, 6) is 0.334. The molecule has 0 fully saturated rings. The smallest absolute Gasteiger partial charge is 0.417 e. The Labute approximate surface area is 138 Å². The highest BCUT2D eigenvalue weighted by atomic mass is 35.5. The van der Waals surface area contributed by atoms with Gasteiger partial charge in [-0.1, -0.05) is 16.8 Å². The average Bonchev–Trinajstić information content (AvgIpc) is 3.02. The zero-order valence-corrected chi connectivity index (χ0v) is 12.5. The first-order valence-corrected chi connectivity index (χ1v) is 6.84. The fourth-order valence-electron chi connectivity index (χ4n) is 1.71. The van der Waals surface area contributed by atoms with Crippen LogP contribution in [0, 0.1) is 0 Å². The lowest BCUT2D eigenvalue weighted by atomic mass is 10.3. The quantitative estimate of drug-likeness (QED) is 0.715. The summed E-state index contributed by atoms with van der Waals surface area (Å²) in [6, 6.07) is 0.750. The Hall–Kier alpha value is -2.75. The van der Waals surface area contributed by atoms with Gasteiger partial charge in [0.05, 0.1) is 18.0 Å². The highest BCUT2D eigenvalue weighted by Crippen LogP contribution is 2.33. The van der Waals surface area contributed by atoms with E-state index in [-0.39, 0.29) is 17.5 Å². The van der Waals surface area contributed by atoms with Gasteiger partial charge in [-0.3, -0.25) is 4.98 Å². The van der Waals surface area contributed by atoms with E-state index in [1.807, 2.05) is 0 Å². The average molecular weight is 357 g/mol. The summed E-state index contributed by atoms with van der Waals surface area (Å²) in [5, 5.41) is 7.47. The molecule has 3 rings (SSSR count). The number of hydrogen-bond acceptors (Lipinski definition) is 6. The number of pyridine rings is 1. The maximum absolute atomic E-state index is 12.5. The second-order valence-electron chi connectivity index (χ2n) is 4.52. The minimum absolute atomic E-state index is 0.0711. The zero-order chi connectivity index (χ0) is 17.2. The molecule has 7 nitrogen and oxygen atoms in total. The largest absolute Gasteiger partial charge is 0.470 e. The summed E-state index contributed by atoms with van der Waals surface area (Å²) in [6.45, 7) is -0.0711. The number of nitrogens with zero attached hydrogens (tertiary/aromatic N) is 6. The van der Waals surface area contributed by atoms with E-state index in [1.54, 1.807) is 6.20 Å². The molecular formula is C13H8ClF3N6O. The van der Waals surface area contributed by atoms with E-state index in [9.17, 15) is 13.2 Å². The van der Waals surface area contributed by atoms with E-state index >= 15 is 0 Å². The Bertz CT molecular complexity index is 839. The van der Waals surface area contributed by atoms with Crippen LogP contribution in [0.5, 0.6) is 5.88 Å². The van der Waals surface area contributed by atoms with Gasteiger partial charge < -0.3 is 4.74 Å². The topological polar surface area (TPSA) is 78.6 Å². The van der Waals surface area contributed by atoms with Crippen LogP contribution >= 0.6 is 11.6 Å². The molecule has 3 aromatic rings. The number of alkyl halides is 3. The molecule has 0 saturated carbocycles. The molecule has 0 aromatic carbocycles. The number of aromatic nitrogens is 6. The maximum atomic E-state index is 12.5. The summed E-state index contributed by atoms with van der Waals surface area (Å²) in [7, 11) is 0. The van der Waals surface area contributed by atoms with Crippen LogP contribution in [0.15, 0.2) is 37.1 Å². The predicted octanol–water partition coefficient (Wildman–Crippen LogP) is 2.70. The first kappa shape index (κ1) is 16.1. The van der Waals surface area contributed by atoms with Gasteiger partial charge in [0.15, 0.2) is 5.82 Å². The first-order valence-electron chi connectivity index (χ1n) is 6.46. The van der Waals surface area contributed by atoms with Gasteiger partial charge in [0.25, 0.3) is 0 Å². The van der Waals surface area contributed by atoms with E-state index < -0.39 is 11.7 Å². The standard InChI is InChI=1S/C13H8ClF3N6O/c14-10-3-8(13(15,16)17)4-20-12(10)24-7-9-6-23(22-21-9)11-5-18-1-2-19-11/h1-6H,7H2. The van der Waals surface area contributed by atoms with Gasteiger partial charge in [0.2, 0.25) is 5.88 Å². The van der Waals surface area contributed by atoms with Crippen LogP contribution in [0.2, 0.25) is 5.02 Å². The fraction of sp³-hybridized carbons (Fsp3) is 0.154. The minimum Gasteiger partial charge on any atom is -0.470 e. The molecule has 0 bridgehead atoms. The molecule has 0 aliphatic carbocycles. The highest BCUT2D eigenvalue weighted by molar-refractivity contribution is 6.31. The van der Waals surface area contributed by atoms with Gasteiger partial charge in [0.1, 0.15) is 17.3 Å². The summed E-state index contributed by atoms with van der Waals surface area (Å²) >= 11 is 5.76. The molecule has 3 heterocycles. The van der Waals surface area contributed by atoms with Gasteiger partial charge in [-0.25, -0.2) is 14.6 Å². The lowest BCUT2D eigenvalue weighted by Crippen LogP contribution is -2.06. The molecule has 0 radical (unpaired) electrons. The molecule has 0 saturated heterocycles. The summed E-state index contributed by atoms with van der Waals surface area (Å²) in [6.07, 6.45) is 2.18. The van der Waals surface area contributed by atoms with Crippen LogP contribution in [0.25, 0.3) is 5.82 Å². The molecule has 0 spiro atoms. The molecule has 0 atom stereocenters. The first-order chi connectivity index (χ1) is 11.4. The van der Waals surface area contributed by atoms with E-state index in [2.05, 4.69) is 25.3 Å². The van der Waals surface area contributed by atoms with Crippen LogP contribution in [0.1, 0.15) is 11.3 Å². The van der Waals surface area contributed by atoms with Crippen molar-refractivity contribution in [3.8, 4) is 11.7 Å². The minimum atomic E-state index is -4.52. The molecule has 0 aliphatic heterocycles. The summed E-state index contributed by atoms with van der Waals surface area (Å²) < 4.78 is 44.3.